The Bertz CT molecular complexity index is 350. The lowest BCUT2D eigenvalue weighted by atomic mass is 10.1. The van der Waals surface area contributed by atoms with E-state index >= 15 is 0 Å². The number of hydrogen-bond acceptors (Lipinski definition) is 2. The Hall–Kier alpha value is -0.730. The van der Waals surface area contributed by atoms with Crippen LogP contribution in [0.15, 0.2) is 18.2 Å². The molecule has 1 rings (SSSR count). The van der Waals surface area contributed by atoms with Crippen LogP contribution in [0.4, 0.5) is 5.69 Å². The van der Waals surface area contributed by atoms with Crippen molar-refractivity contribution in [2.75, 3.05) is 11.9 Å². The summed E-state index contributed by atoms with van der Waals surface area (Å²) in [6.45, 7) is 6.32. The highest BCUT2D eigenvalue weighted by molar-refractivity contribution is 6.33. The first-order valence-electron chi connectivity index (χ1n) is 5.75. The van der Waals surface area contributed by atoms with Crippen LogP contribution in [0.3, 0.4) is 0 Å². The summed E-state index contributed by atoms with van der Waals surface area (Å²) in [6, 6.07) is 6.57. The zero-order valence-electron chi connectivity index (χ0n) is 10.5. The number of hydrogen-bond donors (Lipinski definition) is 1. The quantitative estimate of drug-likeness (QED) is 0.872. The van der Waals surface area contributed by atoms with Crippen molar-refractivity contribution in [1.29, 1.82) is 0 Å². The first-order valence-corrected chi connectivity index (χ1v) is 6.13. The number of anilines is 1. The molecule has 0 aromatic heterocycles. The van der Waals surface area contributed by atoms with E-state index in [0.29, 0.717) is 6.04 Å². The molecule has 2 atom stereocenters. The van der Waals surface area contributed by atoms with Crippen LogP contribution in [0.2, 0.25) is 5.02 Å². The first-order chi connectivity index (χ1) is 7.47. The second-order valence-electron chi connectivity index (χ2n) is 4.37. The van der Waals surface area contributed by atoms with Crippen LogP contribution in [-0.4, -0.2) is 13.1 Å². The molecule has 0 bridgehead atoms. The van der Waals surface area contributed by atoms with E-state index in [1.54, 1.807) is 0 Å². The van der Waals surface area contributed by atoms with E-state index in [1.807, 2.05) is 25.1 Å². The largest absolute Gasteiger partial charge is 0.371 e. The summed E-state index contributed by atoms with van der Waals surface area (Å²) in [5.41, 5.74) is 7.97. The summed E-state index contributed by atoms with van der Waals surface area (Å²) in [7, 11) is 2.07. The molecule has 0 heterocycles. The van der Waals surface area contributed by atoms with Gasteiger partial charge in [0.2, 0.25) is 0 Å². The third-order valence-corrected chi connectivity index (χ3v) is 3.43. The van der Waals surface area contributed by atoms with E-state index in [4.69, 9.17) is 17.3 Å². The van der Waals surface area contributed by atoms with Crippen LogP contribution >= 0.6 is 11.6 Å². The molecule has 0 amide bonds. The second-order valence-corrected chi connectivity index (χ2v) is 4.77. The molecule has 0 saturated carbocycles. The van der Waals surface area contributed by atoms with Crippen molar-refractivity contribution >= 4 is 17.3 Å². The Morgan fingerprint density at radius 2 is 2.00 bits per heavy atom. The minimum atomic E-state index is 0.0282. The Labute approximate surface area is 103 Å². The maximum absolute atomic E-state index is 6.27. The maximum atomic E-state index is 6.27. The van der Waals surface area contributed by atoms with Crippen molar-refractivity contribution < 1.29 is 0 Å². The third-order valence-electron chi connectivity index (χ3n) is 3.13. The average molecular weight is 241 g/mol. The highest BCUT2D eigenvalue weighted by Crippen LogP contribution is 2.29. The molecule has 0 aliphatic rings. The SMILES string of the molecule is CCC(C)N(C)c1ccc(C(C)N)cc1Cl. The van der Waals surface area contributed by atoms with Crippen LogP contribution in [0.25, 0.3) is 0 Å². The molecule has 0 aliphatic heterocycles. The number of halogens is 1. The summed E-state index contributed by atoms with van der Waals surface area (Å²) in [5.74, 6) is 0. The van der Waals surface area contributed by atoms with E-state index in [0.717, 1.165) is 22.7 Å². The monoisotopic (exact) mass is 240 g/mol. The van der Waals surface area contributed by atoms with Crippen molar-refractivity contribution in [1.82, 2.24) is 0 Å². The summed E-state index contributed by atoms with van der Waals surface area (Å²) in [4.78, 5) is 2.20. The predicted octanol–water partition coefficient (Wildman–Crippen LogP) is 3.59. The highest BCUT2D eigenvalue weighted by atomic mass is 35.5. The number of nitrogens with two attached hydrogens (primary N) is 1. The highest BCUT2D eigenvalue weighted by Gasteiger charge is 2.12. The topological polar surface area (TPSA) is 29.3 Å². The van der Waals surface area contributed by atoms with E-state index in [-0.39, 0.29) is 6.04 Å². The van der Waals surface area contributed by atoms with Crippen molar-refractivity contribution in [3.63, 3.8) is 0 Å². The van der Waals surface area contributed by atoms with Gasteiger partial charge in [-0.2, -0.15) is 0 Å². The zero-order valence-corrected chi connectivity index (χ0v) is 11.3. The van der Waals surface area contributed by atoms with E-state index in [9.17, 15) is 0 Å². The van der Waals surface area contributed by atoms with Gasteiger partial charge in [-0.15, -0.1) is 0 Å². The molecule has 3 heteroatoms. The molecule has 0 fully saturated rings. The Morgan fingerprint density at radius 1 is 1.38 bits per heavy atom. The van der Waals surface area contributed by atoms with Crippen molar-refractivity contribution in [2.45, 2.75) is 39.3 Å². The zero-order chi connectivity index (χ0) is 12.3. The van der Waals surface area contributed by atoms with Gasteiger partial charge in [0, 0.05) is 19.1 Å². The molecule has 1 aromatic rings. The molecule has 90 valence electrons. The van der Waals surface area contributed by atoms with Crippen LogP contribution in [-0.2, 0) is 0 Å². The molecule has 0 aliphatic carbocycles. The normalized spacial score (nSPS) is 14.6. The van der Waals surface area contributed by atoms with Gasteiger partial charge in [-0.05, 0) is 38.0 Å². The number of benzene rings is 1. The molecule has 16 heavy (non-hydrogen) atoms. The molecule has 2 unspecified atom stereocenters. The van der Waals surface area contributed by atoms with Gasteiger partial charge in [0.1, 0.15) is 0 Å². The van der Waals surface area contributed by atoms with Gasteiger partial charge in [-0.3, -0.25) is 0 Å². The minimum absolute atomic E-state index is 0.0282. The van der Waals surface area contributed by atoms with Crippen LogP contribution in [0.1, 0.15) is 38.8 Å². The fraction of sp³-hybridized carbons (Fsp3) is 0.538. The van der Waals surface area contributed by atoms with Crippen molar-refractivity contribution in [2.24, 2.45) is 5.73 Å². The maximum Gasteiger partial charge on any atom is 0.0642 e. The Balaban J connectivity index is 2.99. The molecular formula is C13H21ClN2. The van der Waals surface area contributed by atoms with E-state index in [2.05, 4.69) is 25.8 Å². The summed E-state index contributed by atoms with van der Waals surface area (Å²) >= 11 is 6.27. The lowest BCUT2D eigenvalue weighted by Crippen LogP contribution is -2.28. The summed E-state index contributed by atoms with van der Waals surface area (Å²) < 4.78 is 0. The minimum Gasteiger partial charge on any atom is -0.371 e. The molecule has 1 aromatic carbocycles. The number of rotatable bonds is 4. The molecule has 2 nitrogen and oxygen atoms in total. The smallest absolute Gasteiger partial charge is 0.0642 e. The van der Waals surface area contributed by atoms with Gasteiger partial charge < -0.3 is 10.6 Å². The van der Waals surface area contributed by atoms with E-state index in [1.165, 1.54) is 0 Å². The Morgan fingerprint density at radius 3 is 2.44 bits per heavy atom. The van der Waals surface area contributed by atoms with Crippen molar-refractivity contribution in [3.05, 3.63) is 28.8 Å². The fourth-order valence-electron chi connectivity index (χ4n) is 1.60. The summed E-state index contributed by atoms with van der Waals surface area (Å²) in [5, 5.41) is 0.776. The van der Waals surface area contributed by atoms with Crippen LogP contribution in [0, 0.1) is 0 Å². The fourth-order valence-corrected chi connectivity index (χ4v) is 1.93. The predicted molar refractivity (Wildman–Crippen MR) is 72.2 cm³/mol. The molecule has 0 radical (unpaired) electrons. The van der Waals surface area contributed by atoms with Gasteiger partial charge in [-0.25, -0.2) is 0 Å². The first kappa shape index (κ1) is 13.3. The second kappa shape index (κ2) is 5.55. The van der Waals surface area contributed by atoms with E-state index < -0.39 is 0 Å². The number of nitrogens with zero attached hydrogens (tertiary/aromatic N) is 1. The molecule has 0 spiro atoms. The standard InChI is InChI=1S/C13H21ClN2/c1-5-9(2)16(4)13-7-6-11(10(3)15)8-12(13)14/h6-10H,5,15H2,1-4H3. The molecule has 2 N–H and O–H groups in total. The Kier molecular flexibility index (Phi) is 4.63. The molecular weight excluding hydrogens is 220 g/mol. The van der Waals surface area contributed by atoms with Gasteiger partial charge in [0.15, 0.2) is 0 Å². The van der Waals surface area contributed by atoms with Gasteiger partial charge in [-0.1, -0.05) is 24.6 Å². The third kappa shape index (κ3) is 2.89. The average Bonchev–Trinajstić information content (AvgIpc) is 2.26. The van der Waals surface area contributed by atoms with Crippen molar-refractivity contribution in [3.8, 4) is 0 Å². The van der Waals surface area contributed by atoms with Crippen LogP contribution in [0.5, 0.6) is 0 Å². The van der Waals surface area contributed by atoms with Crippen LogP contribution < -0.4 is 10.6 Å². The lowest BCUT2D eigenvalue weighted by Gasteiger charge is -2.27. The summed E-state index contributed by atoms with van der Waals surface area (Å²) in [6.07, 6.45) is 1.10. The lowest BCUT2D eigenvalue weighted by molar-refractivity contribution is 0.663. The van der Waals surface area contributed by atoms with Gasteiger partial charge in [0.05, 0.1) is 10.7 Å². The molecule has 0 saturated heterocycles. The van der Waals surface area contributed by atoms with Gasteiger partial charge in [0.25, 0.3) is 0 Å². The van der Waals surface area contributed by atoms with Gasteiger partial charge >= 0.3 is 0 Å².